The maximum absolute atomic E-state index is 13.7. The summed E-state index contributed by atoms with van der Waals surface area (Å²) in [6.07, 6.45) is 1.10. The van der Waals surface area contributed by atoms with Gasteiger partial charge < -0.3 is 15.4 Å². The van der Waals surface area contributed by atoms with Crippen molar-refractivity contribution < 1.29 is 9.13 Å². The van der Waals surface area contributed by atoms with Gasteiger partial charge in [0.05, 0.1) is 5.02 Å². The van der Waals surface area contributed by atoms with Crippen molar-refractivity contribution in [2.75, 3.05) is 20.1 Å². The summed E-state index contributed by atoms with van der Waals surface area (Å²) in [6.45, 7) is 2.93. The Balaban J connectivity index is 1.81. The van der Waals surface area contributed by atoms with E-state index in [0.29, 0.717) is 16.3 Å². The SMILES string of the molecule is CNCCCNCc1ccc(OCc2c(F)cccc2Cl)cc1. The van der Waals surface area contributed by atoms with Gasteiger partial charge in [-0.25, -0.2) is 4.39 Å². The van der Waals surface area contributed by atoms with Gasteiger partial charge in [0.2, 0.25) is 0 Å². The standard InChI is InChI=1S/C18H22ClFN2O/c1-21-10-3-11-22-12-14-6-8-15(9-7-14)23-13-16-17(19)4-2-5-18(16)20/h2,4-9,21-22H,3,10-13H2,1H3. The average Bonchev–Trinajstić information content (AvgIpc) is 2.55. The van der Waals surface area contributed by atoms with Crippen LogP contribution in [0.15, 0.2) is 42.5 Å². The van der Waals surface area contributed by atoms with E-state index in [9.17, 15) is 4.39 Å². The second-order valence-corrected chi connectivity index (χ2v) is 5.67. The number of rotatable bonds is 9. The van der Waals surface area contributed by atoms with E-state index in [1.807, 2.05) is 31.3 Å². The molecule has 0 aromatic heterocycles. The van der Waals surface area contributed by atoms with Crippen LogP contribution in [0, 0.1) is 5.82 Å². The van der Waals surface area contributed by atoms with Crippen LogP contribution < -0.4 is 15.4 Å². The molecular weight excluding hydrogens is 315 g/mol. The summed E-state index contributed by atoms with van der Waals surface area (Å²) in [4.78, 5) is 0. The third-order valence-corrected chi connectivity index (χ3v) is 3.83. The van der Waals surface area contributed by atoms with E-state index >= 15 is 0 Å². The minimum atomic E-state index is -0.347. The largest absolute Gasteiger partial charge is 0.489 e. The van der Waals surface area contributed by atoms with Crippen molar-refractivity contribution in [1.82, 2.24) is 10.6 Å². The Bertz CT molecular complexity index is 584. The molecule has 2 rings (SSSR count). The van der Waals surface area contributed by atoms with E-state index in [2.05, 4.69) is 10.6 Å². The number of hydrogen-bond acceptors (Lipinski definition) is 3. The van der Waals surface area contributed by atoms with Gasteiger partial charge in [0.1, 0.15) is 18.2 Å². The fourth-order valence-electron chi connectivity index (χ4n) is 2.15. The van der Waals surface area contributed by atoms with E-state index < -0.39 is 0 Å². The Labute approximate surface area is 141 Å². The molecular formula is C18H22ClFN2O. The van der Waals surface area contributed by atoms with Gasteiger partial charge in [-0.15, -0.1) is 0 Å². The maximum Gasteiger partial charge on any atom is 0.131 e. The lowest BCUT2D eigenvalue weighted by Crippen LogP contribution is -2.19. The number of hydrogen-bond donors (Lipinski definition) is 2. The minimum Gasteiger partial charge on any atom is -0.489 e. The molecule has 0 aliphatic rings. The molecule has 0 heterocycles. The van der Waals surface area contributed by atoms with E-state index in [1.54, 1.807) is 12.1 Å². The molecule has 0 radical (unpaired) electrons. The molecule has 0 spiro atoms. The molecule has 23 heavy (non-hydrogen) atoms. The first-order valence-corrected chi connectivity index (χ1v) is 8.08. The van der Waals surface area contributed by atoms with Gasteiger partial charge in [-0.05, 0) is 56.4 Å². The van der Waals surface area contributed by atoms with Crippen molar-refractivity contribution in [1.29, 1.82) is 0 Å². The normalized spacial score (nSPS) is 10.7. The van der Waals surface area contributed by atoms with Gasteiger partial charge in [0.15, 0.2) is 0 Å². The molecule has 0 saturated carbocycles. The van der Waals surface area contributed by atoms with Crippen LogP contribution in [0.1, 0.15) is 17.5 Å². The molecule has 0 atom stereocenters. The van der Waals surface area contributed by atoms with Gasteiger partial charge in [-0.2, -0.15) is 0 Å². The molecule has 2 N–H and O–H groups in total. The van der Waals surface area contributed by atoms with Gasteiger partial charge in [0, 0.05) is 12.1 Å². The molecule has 124 valence electrons. The Morgan fingerprint density at radius 1 is 1.09 bits per heavy atom. The second kappa shape index (κ2) is 9.50. The van der Waals surface area contributed by atoms with Crippen molar-refractivity contribution in [2.45, 2.75) is 19.6 Å². The Morgan fingerprint density at radius 3 is 2.57 bits per heavy atom. The third-order valence-electron chi connectivity index (χ3n) is 3.48. The van der Waals surface area contributed by atoms with E-state index in [0.717, 1.165) is 26.1 Å². The predicted octanol–water partition coefficient (Wildman–Crippen LogP) is 3.76. The molecule has 0 unspecified atom stereocenters. The van der Waals surface area contributed by atoms with Crippen LogP contribution in [-0.4, -0.2) is 20.1 Å². The average molecular weight is 337 g/mol. The molecule has 2 aromatic carbocycles. The number of nitrogens with one attached hydrogen (secondary N) is 2. The van der Waals surface area contributed by atoms with Gasteiger partial charge in [0.25, 0.3) is 0 Å². The van der Waals surface area contributed by atoms with Crippen LogP contribution in [0.2, 0.25) is 5.02 Å². The maximum atomic E-state index is 13.7. The number of halogens is 2. The highest BCUT2D eigenvalue weighted by Gasteiger charge is 2.07. The highest BCUT2D eigenvalue weighted by Crippen LogP contribution is 2.21. The zero-order valence-corrected chi connectivity index (χ0v) is 14.0. The first-order chi connectivity index (χ1) is 11.2. The van der Waals surface area contributed by atoms with E-state index in [1.165, 1.54) is 11.6 Å². The summed E-state index contributed by atoms with van der Waals surface area (Å²) in [5.74, 6) is 0.350. The topological polar surface area (TPSA) is 33.3 Å². The lowest BCUT2D eigenvalue weighted by Gasteiger charge is -2.10. The van der Waals surface area contributed by atoms with Crippen molar-refractivity contribution in [3.8, 4) is 5.75 Å². The summed E-state index contributed by atoms with van der Waals surface area (Å²) in [6, 6.07) is 12.4. The molecule has 2 aromatic rings. The van der Waals surface area contributed by atoms with Crippen molar-refractivity contribution in [3.05, 3.63) is 64.4 Å². The smallest absolute Gasteiger partial charge is 0.131 e. The van der Waals surface area contributed by atoms with Crippen LogP contribution in [-0.2, 0) is 13.2 Å². The molecule has 0 aliphatic heterocycles. The highest BCUT2D eigenvalue weighted by molar-refractivity contribution is 6.31. The van der Waals surface area contributed by atoms with Crippen molar-refractivity contribution in [3.63, 3.8) is 0 Å². The van der Waals surface area contributed by atoms with Crippen molar-refractivity contribution in [2.24, 2.45) is 0 Å². The molecule has 0 aliphatic carbocycles. The molecule has 0 amide bonds. The van der Waals surface area contributed by atoms with Crippen LogP contribution in [0.4, 0.5) is 4.39 Å². The lowest BCUT2D eigenvalue weighted by atomic mass is 10.2. The van der Waals surface area contributed by atoms with Crippen LogP contribution >= 0.6 is 11.6 Å². The highest BCUT2D eigenvalue weighted by atomic mass is 35.5. The summed E-state index contributed by atoms with van der Waals surface area (Å²) in [5.41, 5.74) is 1.56. The zero-order chi connectivity index (χ0) is 16.5. The quantitative estimate of drug-likeness (QED) is 0.684. The molecule has 0 bridgehead atoms. The first kappa shape index (κ1) is 17.7. The zero-order valence-electron chi connectivity index (χ0n) is 13.2. The van der Waals surface area contributed by atoms with Gasteiger partial charge in [-0.1, -0.05) is 29.8 Å². The van der Waals surface area contributed by atoms with Crippen LogP contribution in [0.25, 0.3) is 0 Å². The first-order valence-electron chi connectivity index (χ1n) is 7.70. The second-order valence-electron chi connectivity index (χ2n) is 5.27. The monoisotopic (exact) mass is 336 g/mol. The van der Waals surface area contributed by atoms with Crippen molar-refractivity contribution >= 4 is 11.6 Å². The molecule has 3 nitrogen and oxygen atoms in total. The summed E-state index contributed by atoms with van der Waals surface area (Å²) < 4.78 is 19.3. The fourth-order valence-corrected chi connectivity index (χ4v) is 2.37. The summed E-state index contributed by atoms with van der Waals surface area (Å²) in [7, 11) is 1.95. The summed E-state index contributed by atoms with van der Waals surface area (Å²) >= 11 is 5.98. The number of benzene rings is 2. The fraction of sp³-hybridized carbons (Fsp3) is 0.333. The third kappa shape index (κ3) is 5.82. The Morgan fingerprint density at radius 2 is 1.87 bits per heavy atom. The number of ether oxygens (including phenoxy) is 1. The summed E-state index contributed by atoms with van der Waals surface area (Å²) in [5, 5.41) is 6.88. The molecule has 5 heteroatoms. The molecule has 0 saturated heterocycles. The van der Waals surface area contributed by atoms with Gasteiger partial charge in [-0.3, -0.25) is 0 Å². The minimum absolute atomic E-state index is 0.118. The van der Waals surface area contributed by atoms with E-state index in [-0.39, 0.29) is 12.4 Å². The predicted molar refractivity (Wildman–Crippen MR) is 92.4 cm³/mol. The lowest BCUT2D eigenvalue weighted by molar-refractivity contribution is 0.300. The Hall–Kier alpha value is -1.62. The Kier molecular flexibility index (Phi) is 7.33. The van der Waals surface area contributed by atoms with Gasteiger partial charge >= 0.3 is 0 Å². The molecule has 0 fully saturated rings. The van der Waals surface area contributed by atoms with Crippen LogP contribution in [0.3, 0.4) is 0 Å². The van der Waals surface area contributed by atoms with Crippen LogP contribution in [0.5, 0.6) is 5.75 Å². The van der Waals surface area contributed by atoms with E-state index in [4.69, 9.17) is 16.3 Å².